The lowest BCUT2D eigenvalue weighted by atomic mass is 10.2. The third-order valence-electron chi connectivity index (χ3n) is 2.88. The Morgan fingerprint density at radius 1 is 1.37 bits per heavy atom. The van der Waals surface area contributed by atoms with Gasteiger partial charge < -0.3 is 5.32 Å². The number of aromatic nitrogens is 1. The van der Waals surface area contributed by atoms with Crippen LogP contribution in [0.25, 0.3) is 0 Å². The summed E-state index contributed by atoms with van der Waals surface area (Å²) in [5, 5.41) is 2.42. The second kappa shape index (κ2) is 6.86. The standard InChI is InChI=1S/C13H20F3N3/c1-10-5-4-6-12(18-10)8-19(3)11(2)7-17-9-13(14,15)16/h4-6,11,17H,7-9H2,1-3H3. The summed E-state index contributed by atoms with van der Waals surface area (Å²) in [4.78, 5) is 6.35. The number of pyridine rings is 1. The number of likely N-dealkylation sites (N-methyl/N-ethyl adjacent to an activating group) is 1. The van der Waals surface area contributed by atoms with Crippen LogP contribution in [0.2, 0.25) is 0 Å². The van der Waals surface area contributed by atoms with Gasteiger partial charge in [-0.1, -0.05) is 6.07 Å². The molecule has 0 fully saturated rings. The molecule has 0 bridgehead atoms. The van der Waals surface area contributed by atoms with Crippen molar-refractivity contribution in [2.45, 2.75) is 32.6 Å². The van der Waals surface area contributed by atoms with Gasteiger partial charge in [0.25, 0.3) is 0 Å². The van der Waals surface area contributed by atoms with Crippen molar-refractivity contribution in [1.82, 2.24) is 15.2 Å². The molecule has 1 heterocycles. The maximum absolute atomic E-state index is 12.0. The van der Waals surface area contributed by atoms with Crippen molar-refractivity contribution in [2.24, 2.45) is 0 Å². The number of nitrogens with zero attached hydrogens (tertiary/aromatic N) is 2. The minimum atomic E-state index is -4.16. The molecular formula is C13H20F3N3. The molecule has 0 amide bonds. The Hall–Kier alpha value is -1.14. The lowest BCUT2D eigenvalue weighted by Gasteiger charge is -2.25. The molecule has 0 radical (unpaired) electrons. The monoisotopic (exact) mass is 275 g/mol. The minimum Gasteiger partial charge on any atom is -0.307 e. The summed E-state index contributed by atoms with van der Waals surface area (Å²) in [6, 6.07) is 5.76. The first-order valence-electron chi connectivity index (χ1n) is 6.18. The van der Waals surface area contributed by atoms with Crippen LogP contribution in [0.1, 0.15) is 18.3 Å². The van der Waals surface area contributed by atoms with Gasteiger partial charge in [-0.2, -0.15) is 13.2 Å². The molecule has 0 aromatic carbocycles. The zero-order valence-corrected chi connectivity index (χ0v) is 11.5. The molecule has 1 atom stereocenters. The zero-order valence-electron chi connectivity index (χ0n) is 11.5. The SMILES string of the molecule is Cc1cccc(CN(C)C(C)CNCC(F)(F)F)n1. The molecule has 0 aliphatic carbocycles. The Bertz CT molecular complexity index is 393. The maximum atomic E-state index is 12.0. The average molecular weight is 275 g/mol. The third-order valence-corrected chi connectivity index (χ3v) is 2.88. The van der Waals surface area contributed by atoms with Gasteiger partial charge in [-0.15, -0.1) is 0 Å². The van der Waals surface area contributed by atoms with Gasteiger partial charge in [0, 0.05) is 24.8 Å². The Balaban J connectivity index is 2.38. The summed E-state index contributed by atoms with van der Waals surface area (Å²) in [5.41, 5.74) is 1.86. The largest absolute Gasteiger partial charge is 0.401 e. The van der Waals surface area contributed by atoms with Crippen LogP contribution in [-0.4, -0.2) is 42.2 Å². The van der Waals surface area contributed by atoms with E-state index in [4.69, 9.17) is 0 Å². The molecule has 3 nitrogen and oxygen atoms in total. The minimum absolute atomic E-state index is 0.00432. The molecule has 1 rings (SSSR count). The van der Waals surface area contributed by atoms with Gasteiger partial charge >= 0.3 is 6.18 Å². The van der Waals surface area contributed by atoms with E-state index in [1.54, 1.807) is 0 Å². The topological polar surface area (TPSA) is 28.2 Å². The van der Waals surface area contributed by atoms with Crippen LogP contribution in [0.5, 0.6) is 0 Å². The quantitative estimate of drug-likeness (QED) is 0.864. The molecule has 0 aliphatic heterocycles. The normalized spacial score (nSPS) is 13.8. The fourth-order valence-corrected chi connectivity index (χ4v) is 1.68. The highest BCUT2D eigenvalue weighted by atomic mass is 19.4. The number of alkyl halides is 3. The van der Waals surface area contributed by atoms with Crippen LogP contribution in [-0.2, 0) is 6.54 Å². The van der Waals surface area contributed by atoms with Crippen molar-refractivity contribution in [3.8, 4) is 0 Å². The van der Waals surface area contributed by atoms with Gasteiger partial charge in [0.15, 0.2) is 0 Å². The van der Waals surface area contributed by atoms with Gasteiger partial charge in [-0.05, 0) is 33.0 Å². The lowest BCUT2D eigenvalue weighted by molar-refractivity contribution is -0.125. The molecule has 0 aliphatic rings. The van der Waals surface area contributed by atoms with Crippen LogP contribution in [0.4, 0.5) is 13.2 Å². The third kappa shape index (κ3) is 6.54. The fourth-order valence-electron chi connectivity index (χ4n) is 1.68. The second-order valence-corrected chi connectivity index (χ2v) is 4.78. The number of halogens is 3. The number of hydrogen-bond donors (Lipinski definition) is 1. The van der Waals surface area contributed by atoms with E-state index in [2.05, 4.69) is 10.3 Å². The molecule has 19 heavy (non-hydrogen) atoms. The van der Waals surface area contributed by atoms with Gasteiger partial charge in [0.05, 0.1) is 12.2 Å². The van der Waals surface area contributed by atoms with Crippen LogP contribution >= 0.6 is 0 Å². The Labute approximate surface area is 111 Å². The molecule has 0 saturated heterocycles. The fraction of sp³-hybridized carbons (Fsp3) is 0.615. The second-order valence-electron chi connectivity index (χ2n) is 4.78. The predicted molar refractivity (Wildman–Crippen MR) is 68.8 cm³/mol. The summed E-state index contributed by atoms with van der Waals surface area (Å²) < 4.78 is 36.0. The highest BCUT2D eigenvalue weighted by Gasteiger charge is 2.26. The number of rotatable bonds is 6. The van der Waals surface area contributed by atoms with Gasteiger partial charge in [0.2, 0.25) is 0 Å². The average Bonchev–Trinajstić information content (AvgIpc) is 2.27. The summed E-state index contributed by atoms with van der Waals surface area (Å²) in [6.45, 7) is 3.77. The first-order valence-corrected chi connectivity index (χ1v) is 6.18. The van der Waals surface area contributed by atoms with Crippen molar-refractivity contribution in [1.29, 1.82) is 0 Å². The van der Waals surface area contributed by atoms with Gasteiger partial charge in [-0.25, -0.2) is 0 Å². The Morgan fingerprint density at radius 2 is 2.05 bits per heavy atom. The van der Waals surface area contributed by atoms with Crippen LogP contribution in [0, 0.1) is 6.92 Å². The number of hydrogen-bond acceptors (Lipinski definition) is 3. The molecular weight excluding hydrogens is 255 g/mol. The van der Waals surface area contributed by atoms with Crippen molar-refractivity contribution in [3.63, 3.8) is 0 Å². The molecule has 108 valence electrons. The number of nitrogens with one attached hydrogen (secondary N) is 1. The molecule has 6 heteroatoms. The van der Waals surface area contributed by atoms with Crippen molar-refractivity contribution in [2.75, 3.05) is 20.1 Å². The van der Waals surface area contributed by atoms with Crippen molar-refractivity contribution < 1.29 is 13.2 Å². The van der Waals surface area contributed by atoms with E-state index in [-0.39, 0.29) is 6.04 Å². The van der Waals surface area contributed by atoms with E-state index >= 15 is 0 Å². The van der Waals surface area contributed by atoms with Crippen LogP contribution in [0.15, 0.2) is 18.2 Å². The summed E-state index contributed by atoms with van der Waals surface area (Å²) in [5.74, 6) is 0. The molecule has 0 spiro atoms. The van der Waals surface area contributed by atoms with E-state index in [1.807, 2.05) is 44.0 Å². The molecule has 1 unspecified atom stereocenters. The Morgan fingerprint density at radius 3 is 2.63 bits per heavy atom. The Kier molecular flexibility index (Phi) is 5.75. The van der Waals surface area contributed by atoms with Crippen LogP contribution in [0.3, 0.4) is 0 Å². The van der Waals surface area contributed by atoms with E-state index in [0.717, 1.165) is 11.4 Å². The van der Waals surface area contributed by atoms with E-state index in [1.165, 1.54) is 0 Å². The number of aryl methyl sites for hydroxylation is 1. The van der Waals surface area contributed by atoms with E-state index in [0.29, 0.717) is 13.1 Å². The lowest BCUT2D eigenvalue weighted by Crippen LogP contribution is -2.40. The molecule has 0 saturated carbocycles. The highest BCUT2D eigenvalue weighted by Crippen LogP contribution is 2.12. The highest BCUT2D eigenvalue weighted by molar-refractivity contribution is 5.09. The maximum Gasteiger partial charge on any atom is 0.401 e. The molecule has 1 N–H and O–H groups in total. The zero-order chi connectivity index (χ0) is 14.5. The van der Waals surface area contributed by atoms with Crippen molar-refractivity contribution in [3.05, 3.63) is 29.6 Å². The van der Waals surface area contributed by atoms with Crippen LogP contribution < -0.4 is 5.32 Å². The predicted octanol–water partition coefficient (Wildman–Crippen LogP) is 2.36. The summed E-state index contributed by atoms with van der Waals surface area (Å²) >= 11 is 0. The first kappa shape index (κ1) is 15.9. The summed E-state index contributed by atoms with van der Waals surface area (Å²) in [6.07, 6.45) is -4.16. The molecule has 1 aromatic heterocycles. The van der Waals surface area contributed by atoms with E-state index in [9.17, 15) is 13.2 Å². The van der Waals surface area contributed by atoms with E-state index < -0.39 is 12.7 Å². The first-order chi connectivity index (χ1) is 8.78. The molecule has 1 aromatic rings. The van der Waals surface area contributed by atoms with Crippen molar-refractivity contribution >= 4 is 0 Å². The van der Waals surface area contributed by atoms with Gasteiger partial charge in [-0.3, -0.25) is 9.88 Å². The van der Waals surface area contributed by atoms with Gasteiger partial charge in [0.1, 0.15) is 0 Å². The summed E-state index contributed by atoms with van der Waals surface area (Å²) in [7, 11) is 1.88. The smallest absolute Gasteiger partial charge is 0.307 e.